The number of aryl methyl sites for hydroxylation is 1. The van der Waals surface area contributed by atoms with Crippen molar-refractivity contribution in [3.05, 3.63) is 77.4 Å². The Bertz CT molecular complexity index is 1120. The number of ether oxygens (including phenoxy) is 1. The molecule has 0 bridgehead atoms. The zero-order valence-corrected chi connectivity index (χ0v) is 19.9. The second-order valence-corrected chi connectivity index (χ2v) is 9.31. The van der Waals surface area contributed by atoms with Gasteiger partial charge in [0.1, 0.15) is 18.2 Å². The zero-order chi connectivity index (χ0) is 24.0. The van der Waals surface area contributed by atoms with Gasteiger partial charge in [-0.05, 0) is 49.9 Å². The van der Waals surface area contributed by atoms with E-state index in [0.29, 0.717) is 28.7 Å². The van der Waals surface area contributed by atoms with Crippen LogP contribution in [0.25, 0.3) is 11.1 Å². The van der Waals surface area contributed by atoms with Gasteiger partial charge in [0.15, 0.2) is 11.6 Å². The van der Waals surface area contributed by atoms with Gasteiger partial charge in [0, 0.05) is 29.5 Å². The van der Waals surface area contributed by atoms with E-state index in [2.05, 4.69) is 22.0 Å². The van der Waals surface area contributed by atoms with E-state index in [1.54, 1.807) is 36.5 Å². The summed E-state index contributed by atoms with van der Waals surface area (Å²) in [7, 11) is -1.11. The van der Waals surface area contributed by atoms with Crippen molar-refractivity contribution in [1.82, 2.24) is 9.97 Å². The fourth-order valence-corrected chi connectivity index (χ4v) is 4.06. The maximum Gasteiger partial charge on any atom is 0.165 e. The number of nitrogens with zero attached hydrogens (tertiary/aromatic N) is 2. The number of halogens is 2. The van der Waals surface area contributed by atoms with E-state index < -0.39 is 22.6 Å². The largest absolute Gasteiger partial charge is 0.484 e. The van der Waals surface area contributed by atoms with Crippen LogP contribution >= 0.6 is 0 Å². The normalized spacial score (nSPS) is 18.4. The third-order valence-electron chi connectivity index (χ3n) is 5.67. The predicted molar refractivity (Wildman–Crippen MR) is 127 cm³/mol. The van der Waals surface area contributed by atoms with Crippen molar-refractivity contribution in [1.29, 1.82) is 0 Å². The first-order chi connectivity index (χ1) is 15.8. The molecule has 176 valence electrons. The van der Waals surface area contributed by atoms with E-state index >= 15 is 0 Å². The number of benzene rings is 2. The third kappa shape index (κ3) is 6.65. The zero-order valence-electron chi connectivity index (χ0n) is 19.1. The van der Waals surface area contributed by atoms with E-state index in [1.165, 1.54) is 31.2 Å². The fourth-order valence-electron chi connectivity index (χ4n) is 4.06. The standard InChI is InChI=1S/C24H24F2N2O.CH5NOS/c1-15-9-10-21(25)20(13-15)19-7-4-8-22(26)23(19)29-14-17-11-12-27-24(28-17)18-6-3-5-16(18)2;1-4(2)3/h4,7-13,16,18H,3,5-6,14H2,1-2H3;2H2,1H3. The minimum Gasteiger partial charge on any atom is -0.484 e. The molecule has 0 saturated heterocycles. The van der Waals surface area contributed by atoms with Crippen LogP contribution in [0.3, 0.4) is 0 Å². The van der Waals surface area contributed by atoms with Gasteiger partial charge in [-0.25, -0.2) is 23.0 Å². The first kappa shape index (κ1) is 24.9. The summed E-state index contributed by atoms with van der Waals surface area (Å²) >= 11 is 0. The van der Waals surface area contributed by atoms with Gasteiger partial charge in [-0.15, -0.1) is 0 Å². The molecule has 2 aromatic carbocycles. The van der Waals surface area contributed by atoms with E-state index in [4.69, 9.17) is 4.74 Å². The maximum atomic E-state index is 14.6. The van der Waals surface area contributed by atoms with Crippen molar-refractivity contribution in [3.63, 3.8) is 0 Å². The van der Waals surface area contributed by atoms with Gasteiger partial charge < -0.3 is 4.74 Å². The molecule has 8 heteroatoms. The number of hydrogen-bond donors (Lipinski definition) is 1. The molecule has 1 aliphatic rings. The Morgan fingerprint density at radius 3 is 2.58 bits per heavy atom. The summed E-state index contributed by atoms with van der Waals surface area (Å²) in [4.78, 5) is 9.09. The number of hydrogen-bond acceptors (Lipinski definition) is 4. The van der Waals surface area contributed by atoms with Gasteiger partial charge in [0.05, 0.1) is 16.7 Å². The molecule has 1 fully saturated rings. The summed E-state index contributed by atoms with van der Waals surface area (Å²) in [6.07, 6.45) is 6.62. The second kappa shape index (κ2) is 11.4. The average molecular weight is 474 g/mol. The summed E-state index contributed by atoms with van der Waals surface area (Å²) in [6.45, 7) is 4.19. The van der Waals surface area contributed by atoms with Crippen LogP contribution in [0, 0.1) is 24.5 Å². The van der Waals surface area contributed by atoms with Gasteiger partial charge in [-0.2, -0.15) is 0 Å². The van der Waals surface area contributed by atoms with Crippen molar-refractivity contribution < 1.29 is 17.7 Å². The molecule has 3 unspecified atom stereocenters. The lowest BCUT2D eigenvalue weighted by Crippen LogP contribution is -2.10. The van der Waals surface area contributed by atoms with Gasteiger partial charge in [0.2, 0.25) is 0 Å². The molecule has 1 saturated carbocycles. The Hall–Kier alpha value is -2.71. The smallest absolute Gasteiger partial charge is 0.165 e. The molecule has 0 amide bonds. The molecular weight excluding hydrogens is 444 g/mol. The van der Waals surface area contributed by atoms with Crippen molar-refractivity contribution in [2.75, 3.05) is 6.26 Å². The first-order valence-corrected chi connectivity index (χ1v) is 12.5. The van der Waals surface area contributed by atoms with Gasteiger partial charge in [-0.3, -0.25) is 5.14 Å². The van der Waals surface area contributed by atoms with E-state index in [9.17, 15) is 13.0 Å². The number of para-hydroxylation sites is 1. The monoisotopic (exact) mass is 473 g/mol. The van der Waals surface area contributed by atoms with Crippen molar-refractivity contribution in [2.24, 2.45) is 11.1 Å². The lowest BCUT2D eigenvalue weighted by atomic mass is 9.97. The van der Waals surface area contributed by atoms with Crippen LogP contribution in [0.2, 0.25) is 0 Å². The summed E-state index contributed by atoms with van der Waals surface area (Å²) < 4.78 is 44.1. The highest BCUT2D eigenvalue weighted by atomic mass is 32.2. The van der Waals surface area contributed by atoms with E-state index in [-0.39, 0.29) is 12.4 Å². The quantitative estimate of drug-likeness (QED) is 0.534. The Balaban J connectivity index is 0.000000709. The van der Waals surface area contributed by atoms with Crippen LogP contribution in [0.15, 0.2) is 48.7 Å². The lowest BCUT2D eigenvalue weighted by molar-refractivity contribution is 0.286. The third-order valence-corrected chi connectivity index (χ3v) is 5.67. The van der Waals surface area contributed by atoms with E-state index in [1.807, 2.05) is 6.92 Å². The van der Waals surface area contributed by atoms with Crippen molar-refractivity contribution in [2.45, 2.75) is 45.6 Å². The molecule has 0 spiro atoms. The lowest BCUT2D eigenvalue weighted by Gasteiger charge is -2.16. The van der Waals surface area contributed by atoms with E-state index in [0.717, 1.165) is 17.8 Å². The van der Waals surface area contributed by atoms with Crippen LogP contribution in [0.5, 0.6) is 5.75 Å². The first-order valence-electron chi connectivity index (χ1n) is 10.8. The summed E-state index contributed by atoms with van der Waals surface area (Å²) in [5, 5.41) is 4.58. The van der Waals surface area contributed by atoms with Gasteiger partial charge in [0.25, 0.3) is 0 Å². The molecule has 5 nitrogen and oxygen atoms in total. The summed E-state index contributed by atoms with van der Waals surface area (Å²) in [5.74, 6) is 0.850. The highest BCUT2D eigenvalue weighted by Crippen LogP contribution is 2.38. The molecule has 2 N–H and O–H groups in total. The highest BCUT2D eigenvalue weighted by molar-refractivity contribution is 7.81. The Morgan fingerprint density at radius 2 is 1.88 bits per heavy atom. The molecule has 33 heavy (non-hydrogen) atoms. The van der Waals surface area contributed by atoms with Crippen LogP contribution < -0.4 is 9.88 Å². The SMILES string of the molecule is CS(N)=O.Cc1ccc(F)c(-c2cccc(F)c2OCc2ccnc(C3CCCC3C)n2)c1. The minimum absolute atomic E-state index is 0.0337. The molecule has 1 heterocycles. The molecule has 0 aliphatic heterocycles. The molecule has 3 atom stereocenters. The van der Waals surface area contributed by atoms with Crippen molar-refractivity contribution >= 4 is 11.0 Å². The summed E-state index contributed by atoms with van der Waals surface area (Å²) in [5.41, 5.74) is 2.29. The van der Waals surface area contributed by atoms with Gasteiger partial charge >= 0.3 is 0 Å². The molecule has 0 radical (unpaired) electrons. The number of nitrogens with two attached hydrogens (primary N) is 1. The Labute approximate surface area is 196 Å². The summed E-state index contributed by atoms with van der Waals surface area (Å²) in [6, 6.07) is 11.1. The Morgan fingerprint density at radius 1 is 1.12 bits per heavy atom. The Kier molecular flexibility index (Phi) is 8.63. The molecule has 3 aromatic rings. The molecule has 4 rings (SSSR count). The minimum atomic E-state index is -1.11. The van der Waals surface area contributed by atoms with Crippen LogP contribution in [0.4, 0.5) is 8.78 Å². The van der Waals surface area contributed by atoms with Crippen molar-refractivity contribution in [3.8, 4) is 16.9 Å². The predicted octanol–water partition coefficient (Wildman–Crippen LogP) is 5.45. The maximum absolute atomic E-state index is 14.6. The number of rotatable bonds is 5. The second-order valence-electron chi connectivity index (χ2n) is 8.31. The van der Waals surface area contributed by atoms with Gasteiger partial charge in [-0.1, -0.05) is 37.1 Å². The molecule has 1 aliphatic carbocycles. The topological polar surface area (TPSA) is 78.1 Å². The van der Waals surface area contributed by atoms with Crippen LogP contribution in [-0.2, 0) is 17.6 Å². The average Bonchev–Trinajstić information content (AvgIpc) is 3.20. The molecular formula is C25H29F2N3O2S. The number of aromatic nitrogens is 2. The highest BCUT2D eigenvalue weighted by Gasteiger charge is 2.27. The van der Waals surface area contributed by atoms with Crippen LogP contribution in [0.1, 0.15) is 49.2 Å². The molecule has 1 aromatic heterocycles. The van der Waals surface area contributed by atoms with Crippen LogP contribution in [-0.4, -0.2) is 20.4 Å². The fraction of sp³-hybridized carbons (Fsp3) is 0.360.